The van der Waals surface area contributed by atoms with Crippen LogP contribution in [-0.2, 0) is 16.0 Å². The molecule has 4 heteroatoms. The lowest BCUT2D eigenvalue weighted by atomic mass is 10.1. The van der Waals surface area contributed by atoms with E-state index in [1.54, 1.807) is 6.20 Å². The molecule has 0 spiro atoms. The van der Waals surface area contributed by atoms with E-state index in [1.165, 1.54) is 0 Å². The van der Waals surface area contributed by atoms with Gasteiger partial charge in [0.2, 0.25) is 5.91 Å². The average Bonchev–Trinajstić information content (AvgIpc) is 2.47. The molecule has 1 aliphatic rings. The van der Waals surface area contributed by atoms with Crippen LogP contribution >= 0.6 is 0 Å². The summed E-state index contributed by atoms with van der Waals surface area (Å²) in [6, 6.07) is 9.92. The van der Waals surface area contributed by atoms with Gasteiger partial charge in [-0.1, -0.05) is 24.3 Å². The van der Waals surface area contributed by atoms with E-state index < -0.39 is 0 Å². The second-order valence-corrected chi connectivity index (χ2v) is 5.19. The van der Waals surface area contributed by atoms with Gasteiger partial charge >= 0.3 is 0 Å². The number of para-hydroxylation sites is 1. The first kappa shape index (κ1) is 13.1. The van der Waals surface area contributed by atoms with Crippen LogP contribution in [0, 0.1) is 0 Å². The zero-order valence-electron chi connectivity index (χ0n) is 11.6. The summed E-state index contributed by atoms with van der Waals surface area (Å²) in [5.74, 6) is 0.151. The lowest BCUT2D eigenvalue weighted by Gasteiger charge is -2.31. The van der Waals surface area contributed by atoms with Crippen molar-refractivity contribution >= 4 is 16.8 Å². The van der Waals surface area contributed by atoms with Crippen LogP contribution < -0.4 is 0 Å². The molecule has 104 valence electrons. The number of amides is 1. The number of rotatable bonds is 2. The summed E-state index contributed by atoms with van der Waals surface area (Å²) in [6.45, 7) is 3.98. The monoisotopic (exact) mass is 270 g/mol. The van der Waals surface area contributed by atoms with Gasteiger partial charge in [-0.2, -0.15) is 0 Å². The third kappa shape index (κ3) is 2.65. The number of benzene rings is 1. The minimum atomic E-state index is 0.123. The zero-order chi connectivity index (χ0) is 13.9. The second kappa shape index (κ2) is 5.59. The second-order valence-electron chi connectivity index (χ2n) is 5.19. The smallest absolute Gasteiger partial charge is 0.227 e. The van der Waals surface area contributed by atoms with Crippen LogP contribution in [0.3, 0.4) is 0 Å². The molecule has 0 aliphatic carbocycles. The van der Waals surface area contributed by atoms with Crippen LogP contribution in [0.5, 0.6) is 0 Å². The predicted molar refractivity (Wildman–Crippen MR) is 77.4 cm³/mol. The number of carbonyl (C=O) groups is 1. The van der Waals surface area contributed by atoms with E-state index >= 15 is 0 Å². The van der Waals surface area contributed by atoms with Gasteiger partial charge in [0.15, 0.2) is 0 Å². The van der Waals surface area contributed by atoms with Crippen molar-refractivity contribution in [3.05, 3.63) is 42.1 Å². The Morgan fingerprint density at radius 2 is 2.25 bits per heavy atom. The Kier molecular flexibility index (Phi) is 3.65. The maximum atomic E-state index is 12.4. The first-order valence-electron chi connectivity index (χ1n) is 6.96. The van der Waals surface area contributed by atoms with Gasteiger partial charge in [-0.25, -0.2) is 0 Å². The fourth-order valence-corrected chi connectivity index (χ4v) is 2.63. The van der Waals surface area contributed by atoms with E-state index in [9.17, 15) is 4.79 Å². The third-order valence-electron chi connectivity index (χ3n) is 3.65. The number of pyridine rings is 1. The highest BCUT2D eigenvalue weighted by atomic mass is 16.5. The Morgan fingerprint density at radius 3 is 3.10 bits per heavy atom. The van der Waals surface area contributed by atoms with Crippen molar-refractivity contribution in [1.82, 2.24) is 9.88 Å². The molecule has 1 aromatic carbocycles. The molecule has 0 bridgehead atoms. The maximum Gasteiger partial charge on any atom is 0.227 e. The summed E-state index contributed by atoms with van der Waals surface area (Å²) < 4.78 is 5.47. The van der Waals surface area contributed by atoms with E-state index in [-0.39, 0.29) is 12.0 Å². The number of hydrogen-bond donors (Lipinski definition) is 0. The van der Waals surface area contributed by atoms with Crippen LogP contribution in [-0.4, -0.2) is 41.6 Å². The van der Waals surface area contributed by atoms with E-state index in [0.717, 1.165) is 16.5 Å². The van der Waals surface area contributed by atoms with Crippen molar-refractivity contribution < 1.29 is 9.53 Å². The van der Waals surface area contributed by atoms with Crippen molar-refractivity contribution in [2.45, 2.75) is 19.4 Å². The van der Waals surface area contributed by atoms with Crippen molar-refractivity contribution in [3.8, 4) is 0 Å². The quantitative estimate of drug-likeness (QED) is 0.838. The third-order valence-corrected chi connectivity index (χ3v) is 3.65. The Labute approximate surface area is 118 Å². The van der Waals surface area contributed by atoms with Crippen LogP contribution in [0.4, 0.5) is 0 Å². The highest BCUT2D eigenvalue weighted by molar-refractivity contribution is 5.87. The summed E-state index contributed by atoms with van der Waals surface area (Å²) >= 11 is 0. The molecule has 1 amide bonds. The molecule has 4 nitrogen and oxygen atoms in total. The Morgan fingerprint density at radius 1 is 1.40 bits per heavy atom. The molecule has 3 rings (SSSR count). The minimum absolute atomic E-state index is 0.123. The lowest BCUT2D eigenvalue weighted by Crippen LogP contribution is -2.45. The summed E-state index contributed by atoms with van der Waals surface area (Å²) in [6.07, 6.45) is 2.30. The number of hydrogen-bond acceptors (Lipinski definition) is 3. The highest BCUT2D eigenvalue weighted by Gasteiger charge is 2.21. The number of fused-ring (bicyclic) bond motifs is 1. The first-order valence-corrected chi connectivity index (χ1v) is 6.96. The van der Waals surface area contributed by atoms with Gasteiger partial charge in [-0.3, -0.25) is 9.78 Å². The van der Waals surface area contributed by atoms with Gasteiger partial charge in [0, 0.05) is 24.7 Å². The van der Waals surface area contributed by atoms with Crippen LogP contribution in [0.2, 0.25) is 0 Å². The van der Waals surface area contributed by atoms with E-state index in [4.69, 9.17) is 4.74 Å². The molecule has 2 heterocycles. The van der Waals surface area contributed by atoms with E-state index in [2.05, 4.69) is 4.98 Å². The lowest BCUT2D eigenvalue weighted by molar-refractivity contribution is -0.137. The topological polar surface area (TPSA) is 42.4 Å². The molecule has 1 unspecified atom stereocenters. The Balaban J connectivity index is 1.80. The number of carbonyl (C=O) groups excluding carboxylic acids is 1. The number of aromatic nitrogens is 1. The molecule has 1 aromatic heterocycles. The van der Waals surface area contributed by atoms with Crippen molar-refractivity contribution in [2.75, 3.05) is 19.7 Å². The standard InChI is InChI=1S/C16H18N2O2/c1-12-11-18(8-9-20-12)15(19)10-14-5-2-4-13-6-3-7-17-16(13)14/h2-7,12H,8-11H2,1H3. The molecule has 1 saturated heterocycles. The fourth-order valence-electron chi connectivity index (χ4n) is 2.63. The molecular formula is C16H18N2O2. The molecule has 0 radical (unpaired) electrons. The van der Waals surface area contributed by atoms with Gasteiger partial charge in [0.25, 0.3) is 0 Å². The minimum Gasteiger partial charge on any atom is -0.375 e. The van der Waals surface area contributed by atoms with Crippen molar-refractivity contribution in [2.24, 2.45) is 0 Å². The Bertz CT molecular complexity index is 621. The summed E-state index contributed by atoms with van der Waals surface area (Å²) in [5.41, 5.74) is 1.91. The van der Waals surface area contributed by atoms with Gasteiger partial charge in [0.05, 0.1) is 24.6 Å². The molecule has 1 fully saturated rings. The van der Waals surface area contributed by atoms with Gasteiger partial charge < -0.3 is 9.64 Å². The molecule has 2 aromatic rings. The van der Waals surface area contributed by atoms with Crippen molar-refractivity contribution in [1.29, 1.82) is 0 Å². The first-order chi connectivity index (χ1) is 9.74. The highest BCUT2D eigenvalue weighted by Crippen LogP contribution is 2.17. The Hall–Kier alpha value is -1.94. The van der Waals surface area contributed by atoms with Crippen LogP contribution in [0.15, 0.2) is 36.5 Å². The van der Waals surface area contributed by atoms with Gasteiger partial charge in [0.1, 0.15) is 0 Å². The normalized spacial score (nSPS) is 19.2. The van der Waals surface area contributed by atoms with Crippen LogP contribution in [0.25, 0.3) is 10.9 Å². The van der Waals surface area contributed by atoms with Gasteiger partial charge in [-0.05, 0) is 18.6 Å². The van der Waals surface area contributed by atoms with Crippen molar-refractivity contribution in [3.63, 3.8) is 0 Å². The largest absolute Gasteiger partial charge is 0.375 e. The molecule has 0 saturated carbocycles. The van der Waals surface area contributed by atoms with Gasteiger partial charge in [-0.15, -0.1) is 0 Å². The average molecular weight is 270 g/mol. The number of nitrogens with zero attached hydrogens (tertiary/aromatic N) is 2. The SMILES string of the molecule is CC1CN(C(=O)Cc2cccc3cccnc23)CCO1. The number of morpholine rings is 1. The van der Waals surface area contributed by atoms with Crippen LogP contribution in [0.1, 0.15) is 12.5 Å². The molecule has 1 atom stereocenters. The van der Waals surface area contributed by atoms with E-state index in [1.807, 2.05) is 42.2 Å². The van der Waals surface area contributed by atoms with E-state index in [0.29, 0.717) is 26.1 Å². The molecular weight excluding hydrogens is 252 g/mol. The number of ether oxygens (including phenoxy) is 1. The maximum absolute atomic E-state index is 12.4. The summed E-state index contributed by atoms with van der Waals surface area (Å²) in [7, 11) is 0. The molecule has 0 N–H and O–H groups in total. The zero-order valence-corrected chi connectivity index (χ0v) is 11.6. The molecule has 20 heavy (non-hydrogen) atoms. The summed E-state index contributed by atoms with van der Waals surface area (Å²) in [4.78, 5) is 18.7. The summed E-state index contributed by atoms with van der Waals surface area (Å²) in [5, 5.41) is 1.08. The fraction of sp³-hybridized carbons (Fsp3) is 0.375. The molecule has 1 aliphatic heterocycles. The predicted octanol–water partition coefficient (Wildman–Crippen LogP) is 2.02.